The third-order valence-electron chi connectivity index (χ3n) is 3.53. The number of nitrogens with one attached hydrogen (secondary N) is 1. The number of anilines is 2. The van der Waals surface area contributed by atoms with E-state index in [1.165, 1.54) is 19.1 Å². The van der Waals surface area contributed by atoms with E-state index in [1.807, 2.05) is 0 Å². The number of fused-ring (bicyclic) bond motifs is 1. The van der Waals surface area contributed by atoms with Crippen molar-refractivity contribution in [2.75, 3.05) is 5.32 Å². The van der Waals surface area contributed by atoms with Crippen LogP contribution in [0.2, 0.25) is 0 Å². The molecule has 0 spiro atoms. The van der Waals surface area contributed by atoms with Crippen LogP contribution in [0.5, 0.6) is 0 Å². The molecule has 24 heavy (non-hydrogen) atoms. The van der Waals surface area contributed by atoms with E-state index in [0.29, 0.717) is 5.56 Å². The van der Waals surface area contributed by atoms with E-state index < -0.39 is 17.5 Å². The van der Waals surface area contributed by atoms with Crippen LogP contribution in [0.25, 0.3) is 11.1 Å². The summed E-state index contributed by atoms with van der Waals surface area (Å²) in [7, 11) is 0. The molecule has 3 rings (SSSR count). The first kappa shape index (κ1) is 16.0. The van der Waals surface area contributed by atoms with Gasteiger partial charge in [0.25, 0.3) is 6.01 Å². The Morgan fingerprint density at radius 2 is 1.92 bits per heavy atom. The summed E-state index contributed by atoms with van der Waals surface area (Å²) in [6.07, 6.45) is -0.0481. The van der Waals surface area contributed by atoms with Crippen LogP contribution >= 0.6 is 0 Å². The lowest BCUT2D eigenvalue weighted by molar-refractivity contribution is -0.116. The first-order chi connectivity index (χ1) is 11.3. The van der Waals surface area contributed by atoms with E-state index in [9.17, 15) is 18.0 Å². The number of rotatable bonds is 4. The summed E-state index contributed by atoms with van der Waals surface area (Å²) in [5.41, 5.74) is 1.06. The molecule has 4 nitrogen and oxygen atoms in total. The molecule has 3 aromatic rings. The molecule has 0 bridgehead atoms. The number of benzene rings is 2. The Hall–Kier alpha value is -2.83. The van der Waals surface area contributed by atoms with E-state index in [4.69, 9.17) is 4.42 Å². The molecule has 0 atom stereocenters. The Morgan fingerprint density at radius 1 is 1.21 bits per heavy atom. The molecule has 0 radical (unpaired) electrons. The van der Waals surface area contributed by atoms with Crippen LogP contribution < -0.4 is 5.32 Å². The molecule has 1 aromatic heterocycles. The quantitative estimate of drug-likeness (QED) is 0.767. The molecule has 2 aromatic carbocycles. The van der Waals surface area contributed by atoms with Crippen molar-refractivity contribution < 1.29 is 22.4 Å². The van der Waals surface area contributed by atoms with Gasteiger partial charge >= 0.3 is 0 Å². The van der Waals surface area contributed by atoms with Gasteiger partial charge < -0.3 is 9.73 Å². The molecule has 0 fully saturated rings. The molecule has 124 valence electrons. The fourth-order valence-electron chi connectivity index (χ4n) is 2.36. The van der Waals surface area contributed by atoms with Crippen molar-refractivity contribution in [2.45, 2.75) is 20.3 Å². The number of aryl methyl sites for hydroxylation is 1. The van der Waals surface area contributed by atoms with Gasteiger partial charge in [0.05, 0.1) is 0 Å². The first-order valence-electron chi connectivity index (χ1n) is 7.15. The highest BCUT2D eigenvalue weighted by Crippen LogP contribution is 2.28. The Kier molecular flexibility index (Phi) is 4.01. The number of halogens is 3. The van der Waals surface area contributed by atoms with E-state index in [-0.39, 0.29) is 40.6 Å². The number of nitrogens with zero attached hydrogens (tertiary/aromatic N) is 1. The summed E-state index contributed by atoms with van der Waals surface area (Å²) in [5, 5.41) is 2.70. The monoisotopic (exact) mass is 334 g/mol. The number of oxazole rings is 1. The van der Waals surface area contributed by atoms with Crippen molar-refractivity contribution in [1.82, 2.24) is 4.98 Å². The fourth-order valence-corrected chi connectivity index (χ4v) is 2.36. The van der Waals surface area contributed by atoms with Crippen LogP contribution in [-0.4, -0.2) is 10.8 Å². The third-order valence-corrected chi connectivity index (χ3v) is 3.53. The SMILES string of the molecule is CC(=O)Cc1ccc2nc(Nc3cc(F)c(F)cc3C)oc2c1F. The van der Waals surface area contributed by atoms with E-state index >= 15 is 0 Å². The standard InChI is InChI=1S/C17H13F3N2O2/c1-8-5-11(18)12(19)7-14(8)22-17-21-13-4-3-10(6-9(2)23)15(20)16(13)24-17/h3-5,7H,6H2,1-2H3,(H,21,22). The van der Waals surface area contributed by atoms with Crippen LogP contribution in [0.1, 0.15) is 18.1 Å². The Morgan fingerprint density at radius 3 is 2.62 bits per heavy atom. The zero-order valence-electron chi connectivity index (χ0n) is 12.9. The Bertz CT molecular complexity index is 951. The van der Waals surface area contributed by atoms with Crippen molar-refractivity contribution in [1.29, 1.82) is 0 Å². The van der Waals surface area contributed by atoms with Crippen LogP contribution in [0.4, 0.5) is 24.9 Å². The molecule has 0 unspecified atom stereocenters. The molecule has 0 amide bonds. The summed E-state index contributed by atoms with van der Waals surface area (Å²) in [5.74, 6) is -2.82. The van der Waals surface area contributed by atoms with Crippen molar-refractivity contribution in [3.63, 3.8) is 0 Å². The van der Waals surface area contributed by atoms with Crippen molar-refractivity contribution in [2.24, 2.45) is 0 Å². The Balaban J connectivity index is 1.98. The molecular weight excluding hydrogens is 321 g/mol. The third kappa shape index (κ3) is 2.97. The van der Waals surface area contributed by atoms with Gasteiger partial charge in [-0.2, -0.15) is 4.98 Å². The van der Waals surface area contributed by atoms with Gasteiger partial charge in [-0.05, 0) is 37.1 Å². The maximum Gasteiger partial charge on any atom is 0.300 e. The van der Waals surface area contributed by atoms with Gasteiger partial charge in [0.1, 0.15) is 11.3 Å². The van der Waals surface area contributed by atoms with Gasteiger partial charge in [-0.3, -0.25) is 4.79 Å². The number of ketones is 1. The molecule has 1 N–H and O–H groups in total. The minimum atomic E-state index is -1.02. The number of carbonyl (C=O) groups is 1. The molecule has 7 heteroatoms. The van der Waals surface area contributed by atoms with Gasteiger partial charge in [-0.15, -0.1) is 0 Å². The molecule has 0 aliphatic rings. The van der Waals surface area contributed by atoms with Gasteiger partial charge in [0.15, 0.2) is 23.0 Å². The van der Waals surface area contributed by atoms with Gasteiger partial charge in [-0.25, -0.2) is 13.2 Å². The zero-order chi connectivity index (χ0) is 17.4. The normalized spacial score (nSPS) is 11.0. The highest BCUT2D eigenvalue weighted by molar-refractivity contribution is 5.82. The van der Waals surface area contributed by atoms with Gasteiger partial charge in [0, 0.05) is 18.2 Å². The highest BCUT2D eigenvalue weighted by Gasteiger charge is 2.16. The lowest BCUT2D eigenvalue weighted by Gasteiger charge is -2.06. The molecular formula is C17H13F3N2O2. The number of Topliss-reactive ketones (excluding diaryl/α,β-unsaturated/α-hetero) is 1. The van der Waals surface area contributed by atoms with E-state index in [1.54, 1.807) is 6.92 Å². The average molecular weight is 334 g/mol. The molecule has 0 aliphatic heterocycles. The Labute approximate surface area is 135 Å². The highest BCUT2D eigenvalue weighted by atomic mass is 19.2. The summed E-state index contributed by atoms with van der Waals surface area (Å²) in [6.45, 7) is 2.95. The average Bonchev–Trinajstić information content (AvgIpc) is 2.91. The lowest BCUT2D eigenvalue weighted by atomic mass is 10.1. The number of hydrogen-bond donors (Lipinski definition) is 1. The molecule has 0 saturated carbocycles. The van der Waals surface area contributed by atoms with Crippen molar-refractivity contribution >= 4 is 28.6 Å². The summed E-state index contributed by atoms with van der Waals surface area (Å²) >= 11 is 0. The first-order valence-corrected chi connectivity index (χ1v) is 7.15. The topological polar surface area (TPSA) is 55.1 Å². The van der Waals surface area contributed by atoms with Crippen LogP contribution in [0.15, 0.2) is 28.7 Å². The number of aromatic nitrogens is 1. The molecule has 1 heterocycles. The largest absolute Gasteiger partial charge is 0.420 e. The summed E-state index contributed by atoms with van der Waals surface area (Å²) in [4.78, 5) is 15.2. The van der Waals surface area contributed by atoms with Crippen LogP contribution in [0, 0.1) is 24.4 Å². The van der Waals surface area contributed by atoms with E-state index in [2.05, 4.69) is 10.3 Å². The smallest absolute Gasteiger partial charge is 0.300 e. The maximum atomic E-state index is 14.4. The maximum absolute atomic E-state index is 14.4. The van der Waals surface area contributed by atoms with Crippen LogP contribution in [-0.2, 0) is 11.2 Å². The lowest BCUT2D eigenvalue weighted by Crippen LogP contribution is -1.99. The summed E-state index contributed by atoms with van der Waals surface area (Å²) < 4.78 is 46.2. The number of hydrogen-bond acceptors (Lipinski definition) is 4. The molecule has 0 saturated heterocycles. The number of carbonyl (C=O) groups excluding carboxylic acids is 1. The second-order valence-electron chi connectivity index (χ2n) is 5.49. The van der Waals surface area contributed by atoms with Crippen molar-refractivity contribution in [3.8, 4) is 0 Å². The minimum Gasteiger partial charge on any atom is -0.420 e. The molecule has 0 aliphatic carbocycles. The zero-order valence-corrected chi connectivity index (χ0v) is 12.9. The predicted octanol–water partition coefficient (Wildman–Crippen LogP) is 4.43. The van der Waals surface area contributed by atoms with E-state index in [0.717, 1.165) is 12.1 Å². The van der Waals surface area contributed by atoms with Crippen LogP contribution in [0.3, 0.4) is 0 Å². The second kappa shape index (κ2) is 5.99. The summed E-state index contributed by atoms with van der Waals surface area (Å²) in [6, 6.07) is 4.94. The van der Waals surface area contributed by atoms with Crippen molar-refractivity contribution in [3.05, 3.63) is 52.8 Å². The predicted molar refractivity (Wildman–Crippen MR) is 82.7 cm³/mol. The fraction of sp³-hybridized carbons (Fsp3) is 0.176. The van der Waals surface area contributed by atoms with Gasteiger partial charge in [-0.1, -0.05) is 6.07 Å². The second-order valence-corrected chi connectivity index (χ2v) is 5.49. The minimum absolute atomic E-state index is 0.0481. The van der Waals surface area contributed by atoms with Gasteiger partial charge in [0.2, 0.25) is 0 Å².